The lowest BCUT2D eigenvalue weighted by atomic mass is 10.3. The monoisotopic (exact) mass is 418 g/mol. The number of H-pyrrole nitrogens is 1. The summed E-state index contributed by atoms with van der Waals surface area (Å²) in [6.45, 7) is 9.66. The van der Waals surface area contributed by atoms with Crippen molar-refractivity contribution in [3.63, 3.8) is 0 Å². The van der Waals surface area contributed by atoms with Crippen molar-refractivity contribution < 1.29 is 22.6 Å². The lowest BCUT2D eigenvalue weighted by molar-refractivity contribution is -0.274. The molecule has 0 radical (unpaired) electrons. The number of benzene rings is 1. The van der Waals surface area contributed by atoms with Crippen LogP contribution in [0.15, 0.2) is 42.5 Å². The number of aromatic amines is 1. The second-order valence-corrected chi connectivity index (χ2v) is 6.03. The second-order valence-electron chi connectivity index (χ2n) is 6.03. The molecule has 0 saturated heterocycles. The van der Waals surface area contributed by atoms with Gasteiger partial charge in [0.05, 0.1) is 6.57 Å². The molecule has 0 aliphatic carbocycles. The topological polar surface area (TPSA) is 88.5 Å². The fraction of sp³-hybridized carbons (Fsp3) is 0.211. The molecule has 0 unspecified atom stereocenters. The van der Waals surface area contributed by atoms with E-state index in [0.29, 0.717) is 35.4 Å². The van der Waals surface area contributed by atoms with Crippen LogP contribution in [0.1, 0.15) is 5.69 Å². The summed E-state index contributed by atoms with van der Waals surface area (Å²) in [6, 6.07) is 10.2. The van der Waals surface area contributed by atoms with Crippen LogP contribution in [0.3, 0.4) is 0 Å². The largest absolute Gasteiger partial charge is 0.573 e. The van der Waals surface area contributed by atoms with E-state index in [-0.39, 0.29) is 12.4 Å². The van der Waals surface area contributed by atoms with Crippen molar-refractivity contribution in [2.24, 2.45) is 0 Å². The number of pyridine rings is 1. The van der Waals surface area contributed by atoms with E-state index >= 15 is 0 Å². The maximum absolute atomic E-state index is 12.2. The van der Waals surface area contributed by atoms with E-state index < -0.39 is 6.36 Å². The van der Waals surface area contributed by atoms with E-state index in [2.05, 4.69) is 35.4 Å². The molecule has 0 aliphatic heterocycles. The Morgan fingerprint density at radius 2 is 1.83 bits per heavy atom. The number of nitrogens with one attached hydrogen (secondary N) is 3. The minimum absolute atomic E-state index is 0.203. The zero-order valence-electron chi connectivity index (χ0n) is 15.7. The number of nitrogens with zero attached hydrogens (tertiary/aromatic N) is 3. The Hall–Kier alpha value is -3.94. The van der Waals surface area contributed by atoms with Gasteiger partial charge in [0.1, 0.15) is 29.7 Å². The Morgan fingerprint density at radius 1 is 1.10 bits per heavy atom. The number of ether oxygens (including phenoxy) is 2. The third-order valence-electron chi connectivity index (χ3n) is 3.68. The fourth-order valence-electron chi connectivity index (χ4n) is 2.43. The average molecular weight is 418 g/mol. The van der Waals surface area contributed by atoms with Gasteiger partial charge in [-0.15, -0.1) is 13.2 Å². The second kappa shape index (κ2) is 9.04. The van der Waals surface area contributed by atoms with Crippen molar-refractivity contribution in [1.82, 2.24) is 15.2 Å². The Morgan fingerprint density at radius 3 is 2.47 bits per heavy atom. The zero-order valence-corrected chi connectivity index (χ0v) is 15.7. The van der Waals surface area contributed by atoms with E-state index in [0.717, 1.165) is 5.69 Å². The number of alkyl halides is 3. The highest BCUT2D eigenvalue weighted by molar-refractivity contribution is 5.69. The number of halogens is 3. The van der Waals surface area contributed by atoms with Gasteiger partial charge < -0.3 is 20.1 Å². The number of hydrogen-bond acceptors (Lipinski definition) is 6. The highest BCUT2D eigenvalue weighted by Gasteiger charge is 2.30. The molecule has 2 heterocycles. The van der Waals surface area contributed by atoms with Gasteiger partial charge in [-0.2, -0.15) is 5.10 Å². The molecule has 0 spiro atoms. The quantitative estimate of drug-likeness (QED) is 0.360. The molecule has 0 saturated carbocycles. The Balaban J connectivity index is 1.53. The van der Waals surface area contributed by atoms with Crippen LogP contribution >= 0.6 is 0 Å². The maximum Gasteiger partial charge on any atom is 0.573 e. The lowest BCUT2D eigenvalue weighted by Gasteiger charge is -2.12. The summed E-state index contributed by atoms with van der Waals surface area (Å²) in [4.78, 5) is 7.80. The van der Waals surface area contributed by atoms with Gasteiger partial charge in [0.25, 0.3) is 0 Å². The molecule has 1 aromatic carbocycles. The first-order valence-corrected chi connectivity index (χ1v) is 8.72. The van der Waals surface area contributed by atoms with Gasteiger partial charge in [-0.1, -0.05) is 0 Å². The predicted octanol–water partition coefficient (Wildman–Crippen LogP) is 4.80. The molecule has 0 amide bonds. The van der Waals surface area contributed by atoms with Crippen LogP contribution in [0.25, 0.3) is 4.85 Å². The molecule has 2 aromatic heterocycles. The van der Waals surface area contributed by atoms with Gasteiger partial charge in [0.15, 0.2) is 5.82 Å². The van der Waals surface area contributed by atoms with Crippen LogP contribution in [0.5, 0.6) is 11.5 Å². The SMILES string of the molecule is [C-]#[N+]c1ccc(Nc2cc(C)[nH]n2)nc1NCCOc1ccc(OC(F)(F)F)cc1. The molecule has 8 nitrogen and oxygen atoms in total. The van der Waals surface area contributed by atoms with Crippen molar-refractivity contribution in [1.29, 1.82) is 0 Å². The van der Waals surface area contributed by atoms with Crippen LogP contribution in [0, 0.1) is 13.5 Å². The summed E-state index contributed by atoms with van der Waals surface area (Å²) < 4.78 is 45.8. The fourth-order valence-corrected chi connectivity index (χ4v) is 2.43. The van der Waals surface area contributed by atoms with E-state index in [9.17, 15) is 13.2 Å². The normalized spacial score (nSPS) is 10.9. The van der Waals surface area contributed by atoms with E-state index in [1.54, 1.807) is 12.1 Å². The van der Waals surface area contributed by atoms with Gasteiger partial charge in [-0.3, -0.25) is 5.10 Å². The first-order valence-electron chi connectivity index (χ1n) is 8.72. The van der Waals surface area contributed by atoms with Crippen LogP contribution in [-0.2, 0) is 0 Å². The van der Waals surface area contributed by atoms with Crippen molar-refractivity contribution in [2.75, 3.05) is 23.8 Å². The molecule has 0 atom stereocenters. The lowest BCUT2D eigenvalue weighted by Crippen LogP contribution is -2.17. The van der Waals surface area contributed by atoms with Gasteiger partial charge in [0, 0.05) is 18.3 Å². The highest BCUT2D eigenvalue weighted by Crippen LogP contribution is 2.26. The number of anilines is 3. The minimum atomic E-state index is -4.74. The van der Waals surface area contributed by atoms with Crippen LogP contribution in [0.2, 0.25) is 0 Å². The molecule has 3 N–H and O–H groups in total. The van der Waals surface area contributed by atoms with Crippen LogP contribution in [0.4, 0.5) is 36.3 Å². The van der Waals surface area contributed by atoms with Crippen LogP contribution < -0.4 is 20.1 Å². The standard InChI is InChI=1S/C19H17F3N6O2/c1-12-11-17(28-27-12)25-16-8-7-15(23-2)18(26-16)24-9-10-29-13-3-5-14(6-4-13)30-19(20,21)22/h3-8,11H,9-10H2,1H3,(H3,24,25,26,27,28). The number of rotatable bonds is 8. The summed E-state index contributed by atoms with van der Waals surface area (Å²) in [5.41, 5.74) is 1.23. The Bertz CT molecular complexity index is 1030. The van der Waals surface area contributed by atoms with Gasteiger partial charge in [-0.05, 0) is 43.3 Å². The average Bonchev–Trinajstić information content (AvgIpc) is 3.10. The van der Waals surface area contributed by atoms with Gasteiger partial charge >= 0.3 is 6.36 Å². The molecule has 11 heteroatoms. The highest BCUT2D eigenvalue weighted by atomic mass is 19.4. The maximum atomic E-state index is 12.2. The molecule has 0 aliphatic rings. The van der Waals surface area contributed by atoms with E-state index in [1.807, 2.05) is 13.0 Å². The third kappa shape index (κ3) is 6.03. The van der Waals surface area contributed by atoms with E-state index in [1.165, 1.54) is 24.3 Å². The van der Waals surface area contributed by atoms with Gasteiger partial charge in [0.2, 0.25) is 5.69 Å². The van der Waals surface area contributed by atoms with Crippen molar-refractivity contribution in [2.45, 2.75) is 13.3 Å². The molecular weight excluding hydrogens is 401 g/mol. The number of hydrogen-bond donors (Lipinski definition) is 3. The van der Waals surface area contributed by atoms with Crippen molar-refractivity contribution in [3.05, 3.63) is 59.6 Å². The number of aromatic nitrogens is 3. The zero-order chi connectivity index (χ0) is 21.6. The Labute approximate surface area is 169 Å². The summed E-state index contributed by atoms with van der Waals surface area (Å²) in [5, 5.41) is 12.9. The Kier molecular flexibility index (Phi) is 6.26. The van der Waals surface area contributed by atoms with Crippen molar-refractivity contribution >= 4 is 23.1 Å². The predicted molar refractivity (Wildman–Crippen MR) is 104 cm³/mol. The molecule has 3 aromatic rings. The van der Waals surface area contributed by atoms with Crippen LogP contribution in [-0.4, -0.2) is 34.7 Å². The summed E-state index contributed by atoms with van der Waals surface area (Å²) in [7, 11) is 0. The summed E-state index contributed by atoms with van der Waals surface area (Å²) in [6.07, 6.45) is -4.74. The molecule has 30 heavy (non-hydrogen) atoms. The molecule has 0 bridgehead atoms. The smallest absolute Gasteiger partial charge is 0.492 e. The summed E-state index contributed by atoms with van der Waals surface area (Å²) >= 11 is 0. The third-order valence-corrected chi connectivity index (χ3v) is 3.68. The first-order chi connectivity index (χ1) is 14.3. The van der Waals surface area contributed by atoms with Crippen molar-refractivity contribution in [3.8, 4) is 11.5 Å². The molecular formula is C19H17F3N6O2. The molecule has 3 rings (SSSR count). The minimum Gasteiger partial charge on any atom is -0.492 e. The summed E-state index contributed by atoms with van der Waals surface area (Å²) in [5.74, 6) is 1.55. The molecule has 156 valence electrons. The molecule has 0 fully saturated rings. The number of aryl methyl sites for hydroxylation is 1. The van der Waals surface area contributed by atoms with Gasteiger partial charge in [-0.25, -0.2) is 9.83 Å². The van der Waals surface area contributed by atoms with E-state index in [4.69, 9.17) is 11.3 Å². The first kappa shape index (κ1) is 20.8.